The molecule has 2 amide bonds. The molecule has 0 bridgehead atoms. The predicted octanol–water partition coefficient (Wildman–Crippen LogP) is 4.18. The molecule has 0 aliphatic carbocycles. The number of nitrogens with zero attached hydrogens (tertiary/aromatic N) is 2. The highest BCUT2D eigenvalue weighted by molar-refractivity contribution is 5.99. The average Bonchev–Trinajstić information content (AvgIpc) is 2.84. The van der Waals surface area contributed by atoms with E-state index >= 15 is 0 Å². The van der Waals surface area contributed by atoms with E-state index in [0.29, 0.717) is 49.7 Å². The summed E-state index contributed by atoms with van der Waals surface area (Å²) in [6.07, 6.45) is 0.144. The second-order valence-electron chi connectivity index (χ2n) is 9.27. The lowest BCUT2D eigenvalue weighted by atomic mass is 10.0. The molecule has 0 saturated carbocycles. The van der Waals surface area contributed by atoms with Crippen molar-refractivity contribution in [2.45, 2.75) is 45.9 Å². The minimum Gasteiger partial charge on any atom is -0.491 e. The van der Waals surface area contributed by atoms with Crippen LogP contribution in [0.1, 0.15) is 43.1 Å². The van der Waals surface area contributed by atoms with Crippen molar-refractivity contribution in [1.82, 2.24) is 9.80 Å². The standard InChI is InChI=1S/C27H36FN3O4/c1-6-26(32)29-22-10-11-24-23(13-22)27(33)30(4)16-25(34-5)18(2)14-31(19(3)17-35-24)15-20-8-7-9-21(28)12-20/h7-13,18-19,25H,6,14-17H2,1-5H3,(H,29,32)/t18-,19-,25-/m1/s1. The van der Waals surface area contributed by atoms with Gasteiger partial charge in [0, 0.05) is 51.9 Å². The number of benzene rings is 2. The second kappa shape index (κ2) is 12.1. The molecule has 7 nitrogen and oxygen atoms in total. The number of carbonyl (C=O) groups is 2. The van der Waals surface area contributed by atoms with Gasteiger partial charge in [0.15, 0.2) is 0 Å². The minimum atomic E-state index is -0.261. The van der Waals surface area contributed by atoms with Gasteiger partial charge in [0.25, 0.3) is 5.91 Å². The Morgan fingerprint density at radius 2 is 1.97 bits per heavy atom. The SMILES string of the molecule is CCC(=O)Nc1ccc2c(c1)C(=O)N(C)C[C@@H](OC)[C@H](C)CN(Cc1cccc(F)c1)[C@H](C)CO2. The maximum atomic E-state index is 13.8. The fraction of sp³-hybridized carbons (Fsp3) is 0.481. The van der Waals surface area contributed by atoms with Crippen molar-refractivity contribution in [3.63, 3.8) is 0 Å². The van der Waals surface area contributed by atoms with E-state index in [-0.39, 0.29) is 35.7 Å². The fourth-order valence-corrected chi connectivity index (χ4v) is 4.27. The number of hydrogen-bond acceptors (Lipinski definition) is 5. The summed E-state index contributed by atoms with van der Waals surface area (Å²) >= 11 is 0. The lowest BCUT2D eigenvalue weighted by Crippen LogP contribution is -2.46. The maximum absolute atomic E-state index is 13.8. The van der Waals surface area contributed by atoms with Crippen LogP contribution in [0, 0.1) is 11.7 Å². The van der Waals surface area contributed by atoms with E-state index < -0.39 is 0 Å². The molecule has 0 spiro atoms. The van der Waals surface area contributed by atoms with Crippen molar-refractivity contribution in [3.8, 4) is 5.75 Å². The van der Waals surface area contributed by atoms with Gasteiger partial charge in [-0.2, -0.15) is 0 Å². The van der Waals surface area contributed by atoms with Crippen LogP contribution in [0.15, 0.2) is 42.5 Å². The van der Waals surface area contributed by atoms with Gasteiger partial charge in [-0.3, -0.25) is 14.5 Å². The highest BCUT2D eigenvalue weighted by atomic mass is 19.1. The van der Waals surface area contributed by atoms with Gasteiger partial charge in [-0.15, -0.1) is 0 Å². The third-order valence-electron chi connectivity index (χ3n) is 6.45. The van der Waals surface area contributed by atoms with E-state index in [0.717, 1.165) is 5.56 Å². The Kier molecular flexibility index (Phi) is 9.23. The first-order valence-electron chi connectivity index (χ1n) is 12.0. The highest BCUT2D eigenvalue weighted by Gasteiger charge is 2.28. The molecule has 0 unspecified atom stereocenters. The zero-order valence-corrected chi connectivity index (χ0v) is 21.2. The lowest BCUT2D eigenvalue weighted by molar-refractivity contribution is -0.115. The highest BCUT2D eigenvalue weighted by Crippen LogP contribution is 2.27. The summed E-state index contributed by atoms with van der Waals surface area (Å²) < 4.78 is 25.8. The van der Waals surface area contributed by atoms with Gasteiger partial charge in [0.2, 0.25) is 5.91 Å². The predicted molar refractivity (Wildman–Crippen MR) is 134 cm³/mol. The molecule has 0 aromatic heterocycles. The zero-order valence-electron chi connectivity index (χ0n) is 21.2. The van der Waals surface area contributed by atoms with Gasteiger partial charge in [-0.05, 0) is 48.7 Å². The number of nitrogens with one attached hydrogen (secondary N) is 1. The van der Waals surface area contributed by atoms with Gasteiger partial charge < -0.3 is 19.7 Å². The van der Waals surface area contributed by atoms with E-state index in [1.54, 1.807) is 56.3 Å². The quantitative estimate of drug-likeness (QED) is 0.688. The molecule has 190 valence electrons. The van der Waals surface area contributed by atoms with Crippen LogP contribution in [0.25, 0.3) is 0 Å². The summed E-state index contributed by atoms with van der Waals surface area (Å²) in [5, 5.41) is 2.81. The number of amides is 2. The van der Waals surface area contributed by atoms with Crippen LogP contribution in [0.2, 0.25) is 0 Å². The number of rotatable bonds is 5. The van der Waals surface area contributed by atoms with E-state index in [1.807, 2.05) is 6.07 Å². The normalized spacial score (nSPS) is 21.9. The summed E-state index contributed by atoms with van der Waals surface area (Å²) in [5.41, 5.74) is 1.81. The molecular formula is C27H36FN3O4. The Morgan fingerprint density at radius 3 is 2.66 bits per heavy atom. The van der Waals surface area contributed by atoms with Crippen molar-refractivity contribution < 1.29 is 23.5 Å². The van der Waals surface area contributed by atoms with Crippen LogP contribution in [-0.2, 0) is 16.1 Å². The van der Waals surface area contributed by atoms with Crippen molar-refractivity contribution in [3.05, 3.63) is 59.4 Å². The lowest BCUT2D eigenvalue weighted by Gasteiger charge is -2.36. The van der Waals surface area contributed by atoms with E-state index in [1.165, 1.54) is 6.07 Å². The summed E-state index contributed by atoms with van der Waals surface area (Å²) in [7, 11) is 3.39. The molecule has 3 atom stereocenters. The first kappa shape index (κ1) is 26.6. The van der Waals surface area contributed by atoms with Crippen LogP contribution in [0.4, 0.5) is 10.1 Å². The van der Waals surface area contributed by atoms with Gasteiger partial charge in [-0.1, -0.05) is 26.0 Å². The van der Waals surface area contributed by atoms with Crippen molar-refractivity contribution in [2.75, 3.05) is 39.2 Å². The fourth-order valence-electron chi connectivity index (χ4n) is 4.27. The Morgan fingerprint density at radius 1 is 1.20 bits per heavy atom. The summed E-state index contributed by atoms with van der Waals surface area (Å²) in [4.78, 5) is 29.1. The number of ether oxygens (including phenoxy) is 2. The van der Waals surface area contributed by atoms with Crippen LogP contribution in [0.5, 0.6) is 5.75 Å². The Hall–Kier alpha value is -2.97. The Bertz CT molecular complexity index is 1030. The van der Waals surface area contributed by atoms with Crippen molar-refractivity contribution >= 4 is 17.5 Å². The van der Waals surface area contributed by atoms with Gasteiger partial charge >= 0.3 is 0 Å². The molecular weight excluding hydrogens is 449 g/mol. The largest absolute Gasteiger partial charge is 0.491 e. The number of hydrogen-bond donors (Lipinski definition) is 1. The molecule has 2 aromatic rings. The number of likely N-dealkylation sites (N-methyl/N-ethyl adjacent to an activating group) is 1. The van der Waals surface area contributed by atoms with Crippen LogP contribution in [-0.4, -0.2) is 67.6 Å². The topological polar surface area (TPSA) is 71.1 Å². The molecule has 1 N–H and O–H groups in total. The smallest absolute Gasteiger partial charge is 0.257 e. The maximum Gasteiger partial charge on any atom is 0.257 e. The molecule has 35 heavy (non-hydrogen) atoms. The molecule has 8 heteroatoms. The molecule has 1 aliphatic heterocycles. The minimum absolute atomic E-state index is 0.0159. The number of methoxy groups -OCH3 is 1. The molecule has 1 aliphatic rings. The zero-order chi connectivity index (χ0) is 25.5. The molecule has 2 aromatic carbocycles. The second-order valence-corrected chi connectivity index (χ2v) is 9.27. The number of carbonyl (C=O) groups excluding carboxylic acids is 2. The molecule has 3 rings (SSSR count). The summed E-state index contributed by atoms with van der Waals surface area (Å²) in [6, 6.07) is 11.7. The number of anilines is 1. The Balaban J connectivity index is 1.94. The van der Waals surface area contributed by atoms with Crippen molar-refractivity contribution in [1.29, 1.82) is 0 Å². The van der Waals surface area contributed by atoms with E-state index in [2.05, 4.69) is 24.1 Å². The summed E-state index contributed by atoms with van der Waals surface area (Å²) in [6.45, 7) is 7.91. The van der Waals surface area contributed by atoms with Gasteiger partial charge in [0.05, 0.1) is 11.7 Å². The van der Waals surface area contributed by atoms with Gasteiger partial charge in [0.1, 0.15) is 18.2 Å². The monoisotopic (exact) mass is 485 g/mol. The molecule has 1 heterocycles. The average molecular weight is 486 g/mol. The molecule has 0 saturated heterocycles. The van der Waals surface area contributed by atoms with E-state index in [4.69, 9.17) is 9.47 Å². The van der Waals surface area contributed by atoms with Crippen LogP contribution < -0.4 is 10.1 Å². The first-order valence-corrected chi connectivity index (χ1v) is 12.0. The number of fused-ring (bicyclic) bond motifs is 1. The van der Waals surface area contributed by atoms with Crippen molar-refractivity contribution in [2.24, 2.45) is 5.92 Å². The third kappa shape index (κ3) is 7.02. The van der Waals surface area contributed by atoms with Gasteiger partial charge in [-0.25, -0.2) is 4.39 Å². The Labute approximate surface area is 207 Å². The first-order chi connectivity index (χ1) is 16.7. The molecule has 0 fully saturated rings. The van der Waals surface area contributed by atoms with Crippen LogP contribution >= 0.6 is 0 Å². The summed E-state index contributed by atoms with van der Waals surface area (Å²) in [5.74, 6) is -0.0400. The molecule has 0 radical (unpaired) electrons. The van der Waals surface area contributed by atoms with Crippen LogP contribution in [0.3, 0.4) is 0 Å². The van der Waals surface area contributed by atoms with E-state index in [9.17, 15) is 14.0 Å². The number of halogens is 1. The third-order valence-corrected chi connectivity index (χ3v) is 6.45.